The topological polar surface area (TPSA) is 83.8 Å². The first kappa shape index (κ1) is 14.1. The Balaban J connectivity index is 2.82. The Kier molecular flexibility index (Phi) is 4.78. The number of terminal acetylenes is 1. The van der Waals surface area contributed by atoms with Crippen LogP contribution in [0.15, 0.2) is 0 Å². The van der Waals surface area contributed by atoms with Gasteiger partial charge in [-0.05, 0) is 12.3 Å². The van der Waals surface area contributed by atoms with E-state index in [1.54, 1.807) is 0 Å². The van der Waals surface area contributed by atoms with Crippen molar-refractivity contribution in [2.75, 3.05) is 5.73 Å². The van der Waals surface area contributed by atoms with Crippen molar-refractivity contribution in [3.05, 3.63) is 11.4 Å². The number of aromatic amines is 1. The second kappa shape index (κ2) is 6.10. The Hall–Kier alpha value is -1.96. The highest BCUT2D eigenvalue weighted by atomic mass is 16.2. The zero-order valence-electron chi connectivity index (χ0n) is 11.1. The summed E-state index contributed by atoms with van der Waals surface area (Å²) in [7, 11) is 0. The van der Waals surface area contributed by atoms with E-state index >= 15 is 0 Å². The third kappa shape index (κ3) is 3.04. The van der Waals surface area contributed by atoms with Crippen LogP contribution in [-0.4, -0.2) is 22.1 Å². The predicted octanol–water partition coefficient (Wildman–Crippen LogP) is 1.65. The number of H-pyrrole nitrogens is 1. The van der Waals surface area contributed by atoms with Crippen molar-refractivity contribution in [2.45, 2.75) is 45.6 Å². The molecule has 0 spiro atoms. The number of anilines is 1. The maximum atomic E-state index is 12.0. The molecular formula is C13H20N4O. The monoisotopic (exact) mass is 248 g/mol. The van der Waals surface area contributed by atoms with Crippen LogP contribution < -0.4 is 11.1 Å². The first-order chi connectivity index (χ1) is 8.51. The molecule has 1 rings (SSSR count). The van der Waals surface area contributed by atoms with Crippen LogP contribution in [0.5, 0.6) is 0 Å². The van der Waals surface area contributed by atoms with Crippen molar-refractivity contribution in [1.82, 2.24) is 15.5 Å². The van der Waals surface area contributed by atoms with Gasteiger partial charge in [0.05, 0.1) is 11.4 Å². The molecule has 98 valence electrons. The summed E-state index contributed by atoms with van der Waals surface area (Å²) in [6.07, 6.45) is 6.52. The van der Waals surface area contributed by atoms with Crippen molar-refractivity contribution in [3.8, 4) is 12.3 Å². The van der Waals surface area contributed by atoms with E-state index in [4.69, 9.17) is 12.2 Å². The Morgan fingerprint density at radius 2 is 2.28 bits per heavy atom. The molecule has 0 saturated heterocycles. The van der Waals surface area contributed by atoms with E-state index in [0.717, 1.165) is 12.1 Å². The highest BCUT2D eigenvalue weighted by Gasteiger charge is 2.20. The van der Waals surface area contributed by atoms with Crippen LogP contribution in [0.4, 0.5) is 5.69 Å². The molecule has 4 N–H and O–H groups in total. The smallest absolute Gasteiger partial charge is 0.274 e. The Morgan fingerprint density at radius 1 is 1.61 bits per heavy atom. The van der Waals surface area contributed by atoms with Gasteiger partial charge in [-0.1, -0.05) is 20.8 Å². The maximum absolute atomic E-state index is 12.0. The van der Waals surface area contributed by atoms with Gasteiger partial charge in [-0.25, -0.2) is 0 Å². The summed E-state index contributed by atoms with van der Waals surface area (Å²) in [6.45, 7) is 5.94. The number of nitrogen functional groups attached to an aromatic ring is 1. The van der Waals surface area contributed by atoms with Crippen LogP contribution in [0, 0.1) is 12.3 Å². The van der Waals surface area contributed by atoms with Crippen LogP contribution >= 0.6 is 0 Å². The molecule has 1 aromatic rings. The predicted molar refractivity (Wildman–Crippen MR) is 72.1 cm³/mol. The molecule has 0 aliphatic heterocycles. The highest BCUT2D eigenvalue weighted by Crippen LogP contribution is 2.22. The minimum absolute atomic E-state index is 0.0406. The van der Waals surface area contributed by atoms with Crippen molar-refractivity contribution >= 4 is 11.6 Å². The second-order valence-electron chi connectivity index (χ2n) is 4.54. The van der Waals surface area contributed by atoms with Gasteiger partial charge >= 0.3 is 0 Å². The molecule has 5 nitrogen and oxygen atoms in total. The lowest BCUT2D eigenvalue weighted by Crippen LogP contribution is -2.34. The molecule has 0 bridgehead atoms. The lowest BCUT2D eigenvalue weighted by atomic mass is 10.1. The molecule has 1 unspecified atom stereocenters. The van der Waals surface area contributed by atoms with E-state index in [0.29, 0.717) is 12.1 Å². The number of rotatable bonds is 5. The number of amides is 1. The van der Waals surface area contributed by atoms with Crippen molar-refractivity contribution in [3.63, 3.8) is 0 Å². The highest BCUT2D eigenvalue weighted by molar-refractivity contribution is 5.97. The quantitative estimate of drug-likeness (QED) is 0.693. The van der Waals surface area contributed by atoms with E-state index in [9.17, 15) is 4.79 Å². The van der Waals surface area contributed by atoms with Crippen LogP contribution in [0.25, 0.3) is 0 Å². The number of hydrogen-bond acceptors (Lipinski definition) is 3. The Bertz CT molecular complexity index is 456. The lowest BCUT2D eigenvalue weighted by molar-refractivity contribution is 0.0932. The summed E-state index contributed by atoms with van der Waals surface area (Å²) in [5, 5.41) is 9.61. The van der Waals surface area contributed by atoms with Gasteiger partial charge in [0.15, 0.2) is 5.69 Å². The second-order valence-corrected chi connectivity index (χ2v) is 4.54. The normalized spacial score (nSPS) is 12.2. The van der Waals surface area contributed by atoms with Crippen LogP contribution in [-0.2, 0) is 0 Å². The zero-order valence-corrected chi connectivity index (χ0v) is 11.1. The summed E-state index contributed by atoms with van der Waals surface area (Å²) < 4.78 is 0. The number of nitrogens with zero attached hydrogens (tertiary/aromatic N) is 1. The summed E-state index contributed by atoms with van der Waals surface area (Å²) in [5.41, 5.74) is 7.34. The SMILES string of the molecule is C#CCC(CC)NC(=O)c1n[nH]c(C(C)C)c1N. The number of nitrogens with one attached hydrogen (secondary N) is 2. The Labute approximate surface area is 108 Å². The van der Waals surface area contributed by atoms with Gasteiger partial charge in [-0.2, -0.15) is 5.10 Å². The molecule has 0 fully saturated rings. The molecule has 0 saturated carbocycles. The number of nitrogens with two attached hydrogens (primary N) is 1. The third-order valence-electron chi connectivity index (χ3n) is 2.82. The fraction of sp³-hybridized carbons (Fsp3) is 0.538. The first-order valence-electron chi connectivity index (χ1n) is 6.09. The molecule has 0 aromatic carbocycles. The summed E-state index contributed by atoms with van der Waals surface area (Å²) in [6, 6.07) is -0.0406. The van der Waals surface area contributed by atoms with Gasteiger partial charge < -0.3 is 11.1 Å². The lowest BCUT2D eigenvalue weighted by Gasteiger charge is -2.13. The number of aromatic nitrogens is 2. The minimum Gasteiger partial charge on any atom is -0.395 e. The average molecular weight is 248 g/mol. The number of hydrogen-bond donors (Lipinski definition) is 3. The fourth-order valence-corrected chi connectivity index (χ4v) is 1.67. The summed E-state index contributed by atoms with van der Waals surface area (Å²) in [5.74, 6) is 2.46. The zero-order chi connectivity index (χ0) is 13.7. The summed E-state index contributed by atoms with van der Waals surface area (Å²) >= 11 is 0. The molecule has 1 atom stereocenters. The van der Waals surface area contributed by atoms with E-state index in [-0.39, 0.29) is 23.6 Å². The largest absolute Gasteiger partial charge is 0.395 e. The molecule has 0 aliphatic carbocycles. The van der Waals surface area contributed by atoms with Gasteiger partial charge in [0.25, 0.3) is 5.91 Å². The molecule has 18 heavy (non-hydrogen) atoms. The van der Waals surface area contributed by atoms with Gasteiger partial charge in [0, 0.05) is 12.5 Å². The van der Waals surface area contributed by atoms with Gasteiger partial charge in [-0.3, -0.25) is 9.89 Å². The van der Waals surface area contributed by atoms with Crippen molar-refractivity contribution in [2.24, 2.45) is 0 Å². The van der Waals surface area contributed by atoms with Crippen molar-refractivity contribution < 1.29 is 4.79 Å². The van der Waals surface area contributed by atoms with Gasteiger partial charge in [0.1, 0.15) is 0 Å². The molecule has 1 heterocycles. The van der Waals surface area contributed by atoms with E-state index in [2.05, 4.69) is 21.4 Å². The molecule has 1 amide bonds. The van der Waals surface area contributed by atoms with Gasteiger partial charge in [0.2, 0.25) is 0 Å². The molecule has 0 radical (unpaired) electrons. The van der Waals surface area contributed by atoms with Gasteiger partial charge in [-0.15, -0.1) is 12.3 Å². The fourth-order valence-electron chi connectivity index (χ4n) is 1.67. The first-order valence-corrected chi connectivity index (χ1v) is 6.09. The van der Waals surface area contributed by atoms with Crippen LogP contribution in [0.2, 0.25) is 0 Å². The van der Waals surface area contributed by atoms with Crippen LogP contribution in [0.1, 0.15) is 55.7 Å². The van der Waals surface area contributed by atoms with Crippen molar-refractivity contribution in [1.29, 1.82) is 0 Å². The summed E-state index contributed by atoms with van der Waals surface area (Å²) in [4.78, 5) is 12.0. The molecule has 0 aliphatic rings. The average Bonchev–Trinajstić information content (AvgIpc) is 2.70. The molecular weight excluding hydrogens is 228 g/mol. The van der Waals surface area contributed by atoms with E-state index in [1.807, 2.05) is 20.8 Å². The Morgan fingerprint density at radius 3 is 2.72 bits per heavy atom. The number of carbonyl (C=O) groups excluding carboxylic acids is 1. The number of carbonyl (C=O) groups is 1. The molecule has 5 heteroatoms. The standard InChI is InChI=1S/C13H20N4O/c1-5-7-9(6-2)15-13(18)12-10(14)11(8(3)4)16-17-12/h1,8-9H,6-7,14H2,2-4H3,(H,15,18)(H,16,17). The minimum atomic E-state index is -0.280. The van der Waals surface area contributed by atoms with E-state index in [1.165, 1.54) is 0 Å². The third-order valence-corrected chi connectivity index (χ3v) is 2.82. The van der Waals surface area contributed by atoms with E-state index < -0.39 is 0 Å². The molecule has 1 aromatic heterocycles. The van der Waals surface area contributed by atoms with Crippen LogP contribution in [0.3, 0.4) is 0 Å². The maximum Gasteiger partial charge on any atom is 0.274 e.